The van der Waals surface area contributed by atoms with Gasteiger partial charge in [-0.1, -0.05) is 41.5 Å². The van der Waals surface area contributed by atoms with Gasteiger partial charge < -0.3 is 75.2 Å². The number of rotatable bonds is 40. The van der Waals surface area contributed by atoms with Crippen LogP contribution in [0.25, 0.3) is 0 Å². The van der Waals surface area contributed by atoms with Gasteiger partial charge in [-0.05, 0) is 108 Å². The zero-order valence-corrected chi connectivity index (χ0v) is 52.8. The summed E-state index contributed by atoms with van der Waals surface area (Å²) in [6.45, 7) is 21.3. The maximum Gasteiger partial charge on any atom is 0.242 e. The highest BCUT2D eigenvalue weighted by Gasteiger charge is 2.35. The Hall–Kier alpha value is -5.50. The molecule has 6 N–H and O–H groups in total. The van der Waals surface area contributed by atoms with E-state index in [0.717, 1.165) is 26.0 Å². The first-order chi connectivity index (χ1) is 38.3. The van der Waals surface area contributed by atoms with Crippen LogP contribution in [-0.4, -0.2) is 283 Å². The van der Waals surface area contributed by atoms with Crippen LogP contribution >= 0.6 is 0 Å². The van der Waals surface area contributed by atoms with Crippen molar-refractivity contribution in [3.05, 3.63) is 0 Å². The van der Waals surface area contributed by atoms with Crippen molar-refractivity contribution >= 4 is 59.1 Å². The lowest BCUT2D eigenvalue weighted by Crippen LogP contribution is -2.56. The number of hydrogen-bond donors (Lipinski definition) is 6. The number of carbonyl (C=O) groups is 10. The fourth-order valence-corrected chi connectivity index (χ4v) is 8.59. The zero-order valence-electron chi connectivity index (χ0n) is 52.8. The van der Waals surface area contributed by atoms with Crippen molar-refractivity contribution in [2.75, 3.05) is 98.7 Å². The molecular weight excluding hydrogens is 1060 g/mol. The van der Waals surface area contributed by atoms with E-state index in [1.807, 2.05) is 34.6 Å². The number of amides is 10. The molecule has 10 atom stereocenters. The second-order valence-electron chi connectivity index (χ2n) is 22.3. The standard InChI is InChI=1S/C57H107N11O14/c1-18-38(7)59-24-49(74)65(40(9)20-3)34-52(77)60(25-44(13)69)30-50(75)63(28-47(16)72)33-55(80)68(43(12)23-6)37-57(82)66(41(10)21-4)35-53(78)61(26-45(14)70)31-51(76)62(27-46(15)71)32-54(79)67(42(11)22-5)36-56(81)64(39(8)19-2)29-48(73)58-17/h38-47,59,69-72H,18-37H2,1-17H3,(H,58,73). The van der Waals surface area contributed by atoms with Crippen LogP contribution in [0.3, 0.4) is 0 Å². The lowest BCUT2D eigenvalue weighted by Gasteiger charge is -2.36. The summed E-state index contributed by atoms with van der Waals surface area (Å²) in [5, 5.41) is 47.8. The molecule has 82 heavy (non-hydrogen) atoms. The molecule has 0 heterocycles. The fraction of sp³-hybridized carbons (Fsp3) is 0.825. The highest BCUT2D eigenvalue weighted by molar-refractivity contribution is 5.94. The van der Waals surface area contributed by atoms with Crippen molar-refractivity contribution < 1.29 is 68.4 Å². The van der Waals surface area contributed by atoms with Crippen molar-refractivity contribution in [3.63, 3.8) is 0 Å². The van der Waals surface area contributed by atoms with Crippen molar-refractivity contribution in [1.29, 1.82) is 0 Å². The monoisotopic (exact) mass is 1170 g/mol. The molecule has 0 aliphatic carbocycles. The van der Waals surface area contributed by atoms with Crippen molar-refractivity contribution in [2.24, 2.45) is 0 Å². The second-order valence-corrected chi connectivity index (χ2v) is 22.3. The molecule has 10 amide bonds. The first-order valence-electron chi connectivity index (χ1n) is 29.5. The smallest absolute Gasteiger partial charge is 0.242 e. The van der Waals surface area contributed by atoms with E-state index >= 15 is 0 Å². The van der Waals surface area contributed by atoms with Crippen LogP contribution in [0.5, 0.6) is 0 Å². The van der Waals surface area contributed by atoms with Crippen molar-refractivity contribution in [3.8, 4) is 0 Å². The van der Waals surface area contributed by atoms with Gasteiger partial charge in [0.05, 0.1) is 63.7 Å². The lowest BCUT2D eigenvalue weighted by atomic mass is 10.1. The van der Waals surface area contributed by atoms with Crippen LogP contribution in [-0.2, 0) is 47.9 Å². The third kappa shape index (κ3) is 27.3. The highest BCUT2D eigenvalue weighted by Crippen LogP contribution is 2.15. The number of nitrogens with zero attached hydrogens (tertiary/aromatic N) is 9. The summed E-state index contributed by atoms with van der Waals surface area (Å²) in [6, 6.07) is -2.31. The topological polar surface area (TPSA) is 305 Å². The number of hydrogen-bond acceptors (Lipinski definition) is 15. The number of aliphatic hydroxyl groups excluding tert-OH is 4. The number of likely N-dealkylation sites (N-methyl/N-ethyl adjacent to an activating group) is 1. The Bertz CT molecular complexity index is 2030. The molecule has 0 aromatic heterocycles. The Balaban J connectivity index is 6.89. The minimum Gasteiger partial charge on any atom is -0.392 e. The minimum atomic E-state index is -1.17. The Morgan fingerprint density at radius 1 is 0.317 bits per heavy atom. The van der Waals surface area contributed by atoms with Gasteiger partial charge in [0.25, 0.3) is 0 Å². The summed E-state index contributed by atoms with van der Waals surface area (Å²) in [6.07, 6.45) is -1.54. The predicted octanol–water partition coefficient (Wildman–Crippen LogP) is 0.0936. The van der Waals surface area contributed by atoms with E-state index in [1.54, 1.807) is 48.5 Å². The molecular formula is C57H107N11O14. The van der Waals surface area contributed by atoms with Crippen LogP contribution in [0.1, 0.15) is 149 Å². The van der Waals surface area contributed by atoms with Gasteiger partial charge >= 0.3 is 0 Å². The Morgan fingerprint density at radius 2 is 0.537 bits per heavy atom. The van der Waals surface area contributed by atoms with Gasteiger partial charge in [0, 0.05) is 69.5 Å². The molecule has 0 radical (unpaired) electrons. The SMILES string of the molecule is CCC(C)NCC(=O)N(CC(=O)N(CC(=O)N(CC(=O)N(CC(=O)N(CC(=O)N(CC(=O)N(CC(=O)N(CC(=O)N(CC(=O)NC)C(C)CC)C(C)CC)CC(C)O)CC(C)O)C(C)CC)C(C)CC)CC(C)O)CC(C)O)C(C)CC. The average Bonchev–Trinajstić information content (AvgIpc) is 3.53. The number of aliphatic hydroxyl groups is 4. The molecule has 0 bridgehead atoms. The summed E-state index contributed by atoms with van der Waals surface area (Å²) < 4.78 is 0. The molecule has 0 aliphatic heterocycles. The molecule has 474 valence electrons. The van der Waals surface area contributed by atoms with E-state index in [1.165, 1.54) is 59.2 Å². The molecule has 0 rings (SSSR count). The van der Waals surface area contributed by atoms with E-state index in [-0.39, 0.29) is 69.8 Å². The molecule has 0 saturated heterocycles. The molecule has 0 aromatic rings. The van der Waals surface area contributed by atoms with Crippen LogP contribution in [0.4, 0.5) is 0 Å². The Kier molecular flexibility index (Phi) is 36.5. The molecule has 0 aromatic carbocycles. The summed E-state index contributed by atoms with van der Waals surface area (Å²) >= 11 is 0. The summed E-state index contributed by atoms with van der Waals surface area (Å²) in [4.78, 5) is 150. The van der Waals surface area contributed by atoms with E-state index in [9.17, 15) is 68.4 Å². The Labute approximate surface area is 489 Å². The molecule has 0 fully saturated rings. The van der Waals surface area contributed by atoms with Gasteiger partial charge in [-0.25, -0.2) is 0 Å². The number of nitrogens with one attached hydrogen (secondary N) is 2. The van der Waals surface area contributed by atoms with Gasteiger partial charge in [0.2, 0.25) is 59.1 Å². The quantitative estimate of drug-likeness (QED) is 0.0474. The second kappa shape index (κ2) is 39.1. The molecule has 0 aliphatic rings. The molecule has 25 nitrogen and oxygen atoms in total. The van der Waals surface area contributed by atoms with Gasteiger partial charge in [0.1, 0.15) is 26.2 Å². The van der Waals surface area contributed by atoms with Crippen molar-refractivity contribution in [1.82, 2.24) is 54.7 Å². The normalized spacial score (nSPS) is 14.9. The fourth-order valence-electron chi connectivity index (χ4n) is 8.59. The van der Waals surface area contributed by atoms with Gasteiger partial charge in [-0.15, -0.1) is 0 Å². The third-order valence-corrected chi connectivity index (χ3v) is 14.9. The first-order valence-corrected chi connectivity index (χ1v) is 29.5. The summed E-state index contributed by atoms with van der Waals surface area (Å²) in [5.74, 6) is -6.09. The molecule has 25 heteroatoms. The van der Waals surface area contributed by atoms with E-state index in [0.29, 0.717) is 32.1 Å². The third-order valence-electron chi connectivity index (χ3n) is 14.9. The van der Waals surface area contributed by atoms with Crippen LogP contribution in [0, 0.1) is 0 Å². The zero-order chi connectivity index (χ0) is 63.3. The van der Waals surface area contributed by atoms with Gasteiger partial charge in [0.15, 0.2) is 0 Å². The van der Waals surface area contributed by atoms with E-state index < -0.39 is 142 Å². The molecule has 0 spiro atoms. The maximum absolute atomic E-state index is 14.5. The minimum absolute atomic E-state index is 0.0156. The summed E-state index contributed by atoms with van der Waals surface area (Å²) in [7, 11) is 1.45. The number of carbonyl (C=O) groups excluding carboxylic acids is 10. The first kappa shape index (κ1) is 76.5. The lowest BCUT2D eigenvalue weighted by molar-refractivity contribution is -0.152. The molecule has 10 unspecified atom stereocenters. The van der Waals surface area contributed by atoms with E-state index in [2.05, 4.69) is 10.6 Å². The maximum atomic E-state index is 14.5. The van der Waals surface area contributed by atoms with Crippen molar-refractivity contribution in [2.45, 2.75) is 210 Å². The Morgan fingerprint density at radius 3 is 0.780 bits per heavy atom. The summed E-state index contributed by atoms with van der Waals surface area (Å²) in [5.41, 5.74) is 0. The van der Waals surface area contributed by atoms with Gasteiger partial charge in [-0.2, -0.15) is 0 Å². The predicted molar refractivity (Wildman–Crippen MR) is 312 cm³/mol. The largest absolute Gasteiger partial charge is 0.392 e. The average molecular weight is 1170 g/mol. The van der Waals surface area contributed by atoms with Gasteiger partial charge in [-0.3, -0.25) is 47.9 Å². The van der Waals surface area contributed by atoms with E-state index in [4.69, 9.17) is 0 Å². The van der Waals surface area contributed by atoms with Crippen LogP contribution in [0.2, 0.25) is 0 Å². The van der Waals surface area contributed by atoms with Crippen LogP contribution in [0.15, 0.2) is 0 Å². The molecule has 0 saturated carbocycles. The van der Waals surface area contributed by atoms with Crippen LogP contribution < -0.4 is 10.6 Å². The highest BCUT2D eigenvalue weighted by atomic mass is 16.3.